The molecule has 0 unspecified atom stereocenters. The lowest BCUT2D eigenvalue weighted by atomic mass is 9.56. The number of nitrogens with zero attached hydrogens (tertiary/aromatic N) is 1. The molecule has 2 aliphatic carbocycles. The van der Waals surface area contributed by atoms with Crippen molar-refractivity contribution in [2.45, 2.75) is 45.6 Å². The van der Waals surface area contributed by atoms with E-state index >= 15 is 0 Å². The minimum atomic E-state index is -0.264. The van der Waals surface area contributed by atoms with Gasteiger partial charge >= 0.3 is 12.0 Å². The third-order valence-corrected chi connectivity index (χ3v) is 8.58. The maximum absolute atomic E-state index is 13.6. The second-order valence-corrected chi connectivity index (χ2v) is 10.8. The Morgan fingerprint density at radius 1 is 1.16 bits per heavy atom. The van der Waals surface area contributed by atoms with Gasteiger partial charge in [0.05, 0.1) is 11.6 Å². The van der Waals surface area contributed by atoms with Crippen LogP contribution < -0.4 is 10.6 Å². The van der Waals surface area contributed by atoms with Gasteiger partial charge in [-0.1, -0.05) is 24.3 Å². The van der Waals surface area contributed by atoms with Crippen molar-refractivity contribution in [3.63, 3.8) is 0 Å². The smallest absolute Gasteiger partial charge is 0.314 e. The van der Waals surface area contributed by atoms with Crippen LogP contribution in [-0.2, 0) is 9.53 Å². The van der Waals surface area contributed by atoms with Crippen LogP contribution in [0, 0.1) is 41.3 Å². The van der Waals surface area contributed by atoms with Gasteiger partial charge in [-0.15, -0.1) is 0 Å². The number of nitrogens with one attached hydrogen (secondary N) is 2. The molecule has 6 nitrogen and oxygen atoms in total. The molecule has 3 fully saturated rings. The van der Waals surface area contributed by atoms with Crippen molar-refractivity contribution in [3.05, 3.63) is 60.2 Å². The van der Waals surface area contributed by atoms with E-state index in [2.05, 4.69) is 27.8 Å². The molecular formula is C30H36FN3O3. The van der Waals surface area contributed by atoms with Gasteiger partial charge in [-0.3, -0.25) is 9.78 Å². The predicted octanol–water partition coefficient (Wildman–Crippen LogP) is 5.45. The maximum atomic E-state index is 13.6. The second-order valence-electron chi connectivity index (χ2n) is 10.8. The highest BCUT2D eigenvalue weighted by atomic mass is 19.1. The highest BCUT2D eigenvalue weighted by molar-refractivity contribution is 5.76. The summed E-state index contributed by atoms with van der Waals surface area (Å²) in [5, 5.41) is 5.80. The number of urea groups is 1. The summed E-state index contributed by atoms with van der Waals surface area (Å²) in [5.74, 6) is 1.39. The summed E-state index contributed by atoms with van der Waals surface area (Å²) in [6.07, 6.45) is 10.1. The van der Waals surface area contributed by atoms with Crippen LogP contribution in [0.15, 0.2) is 48.7 Å². The number of cyclic esters (lactones) is 1. The lowest BCUT2D eigenvalue weighted by Gasteiger charge is -2.47. The Kier molecular flexibility index (Phi) is 7.58. The van der Waals surface area contributed by atoms with Crippen molar-refractivity contribution >= 4 is 18.1 Å². The van der Waals surface area contributed by atoms with Gasteiger partial charge in [-0.05, 0) is 93.0 Å². The number of pyridine rings is 1. The SMILES string of the molecule is CCNC(=O)NC[C@@H]1CC[C@@H]2[C@@H](C1)C[C@H]1C(=O)O[C@H](C)[C@H]1[C@H]2/C=C/c1ccc(-c2cccc(F)c2)cn1. The summed E-state index contributed by atoms with van der Waals surface area (Å²) in [4.78, 5) is 29.2. The molecule has 1 aromatic carbocycles. The Balaban J connectivity index is 1.31. The minimum absolute atomic E-state index is 0.0607. The zero-order valence-corrected chi connectivity index (χ0v) is 21.5. The third-order valence-electron chi connectivity index (χ3n) is 8.58. The summed E-state index contributed by atoms with van der Waals surface area (Å²) in [7, 11) is 0. The molecule has 7 heteroatoms. The Bertz CT molecular complexity index is 1150. The molecule has 7 atom stereocenters. The van der Waals surface area contributed by atoms with Gasteiger partial charge in [0.15, 0.2) is 0 Å². The number of halogens is 1. The van der Waals surface area contributed by atoms with Crippen LogP contribution >= 0.6 is 0 Å². The zero-order chi connectivity index (χ0) is 25.9. The number of amides is 2. The normalized spacial score (nSPS) is 30.9. The number of aromatic nitrogens is 1. The zero-order valence-electron chi connectivity index (χ0n) is 21.5. The average molecular weight is 506 g/mol. The van der Waals surface area contributed by atoms with Gasteiger partial charge in [0.1, 0.15) is 11.9 Å². The number of ether oxygens (including phenoxy) is 1. The van der Waals surface area contributed by atoms with Crippen molar-refractivity contribution < 1.29 is 18.7 Å². The largest absolute Gasteiger partial charge is 0.462 e. The van der Waals surface area contributed by atoms with Gasteiger partial charge in [0.2, 0.25) is 0 Å². The van der Waals surface area contributed by atoms with Crippen LogP contribution in [0.3, 0.4) is 0 Å². The van der Waals surface area contributed by atoms with E-state index in [-0.39, 0.29) is 41.7 Å². The fourth-order valence-electron chi connectivity index (χ4n) is 6.91. The summed E-state index contributed by atoms with van der Waals surface area (Å²) >= 11 is 0. The molecule has 1 aliphatic heterocycles. The van der Waals surface area contributed by atoms with Crippen molar-refractivity contribution in [2.24, 2.45) is 35.5 Å². The quantitative estimate of drug-likeness (QED) is 0.512. The summed E-state index contributed by atoms with van der Waals surface area (Å²) < 4.78 is 19.3. The molecule has 1 saturated heterocycles. The number of rotatable bonds is 6. The molecule has 2 heterocycles. The summed E-state index contributed by atoms with van der Waals surface area (Å²) in [6.45, 7) is 5.22. The van der Waals surface area contributed by atoms with E-state index in [1.165, 1.54) is 12.1 Å². The number of carbonyl (C=O) groups is 2. The standard InChI is InChI=1S/C30H36FN3O3/c1-3-32-30(36)34-16-19-7-11-25-22(13-19)15-27-28(18(2)37-29(27)35)26(25)12-10-24-9-8-21(17-33-24)20-5-4-6-23(31)14-20/h4-6,8-10,12,14,17-19,22,25-28H,3,7,11,13,15-16H2,1-2H3,(H2,32,34,36)/b12-10+/t18-,19-,22+,25-,26+,27-,28+/m1/s1. The predicted molar refractivity (Wildman–Crippen MR) is 141 cm³/mol. The number of hydrogen-bond acceptors (Lipinski definition) is 4. The van der Waals surface area contributed by atoms with Crippen molar-refractivity contribution in [1.82, 2.24) is 15.6 Å². The van der Waals surface area contributed by atoms with Crippen molar-refractivity contribution in [3.8, 4) is 11.1 Å². The number of allylic oxidation sites excluding steroid dienone is 1. The first-order valence-electron chi connectivity index (χ1n) is 13.5. The highest BCUT2D eigenvalue weighted by Gasteiger charge is 2.54. The Morgan fingerprint density at radius 2 is 2.03 bits per heavy atom. The van der Waals surface area contributed by atoms with E-state index in [1.807, 2.05) is 32.0 Å². The second kappa shape index (κ2) is 11.0. The number of fused-ring (bicyclic) bond motifs is 2. The minimum Gasteiger partial charge on any atom is -0.462 e. The van der Waals surface area contributed by atoms with E-state index in [1.54, 1.807) is 12.3 Å². The molecule has 1 aromatic heterocycles. The van der Waals surface area contributed by atoms with Gasteiger partial charge in [-0.25, -0.2) is 9.18 Å². The molecule has 0 radical (unpaired) electrons. The topological polar surface area (TPSA) is 80.3 Å². The molecule has 5 rings (SSSR count). The molecule has 3 aliphatic rings. The molecule has 0 bridgehead atoms. The van der Waals surface area contributed by atoms with E-state index in [9.17, 15) is 14.0 Å². The molecule has 0 spiro atoms. The third kappa shape index (κ3) is 5.55. The lowest BCUT2D eigenvalue weighted by Crippen LogP contribution is -2.46. The van der Waals surface area contributed by atoms with E-state index < -0.39 is 0 Å². The molecule has 2 saturated carbocycles. The lowest BCUT2D eigenvalue weighted by molar-refractivity contribution is -0.144. The Labute approximate surface area is 218 Å². The molecule has 196 valence electrons. The first-order chi connectivity index (χ1) is 17.9. The van der Waals surface area contributed by atoms with Gasteiger partial charge < -0.3 is 15.4 Å². The Morgan fingerprint density at radius 3 is 2.78 bits per heavy atom. The van der Waals surface area contributed by atoms with Crippen LogP contribution in [0.4, 0.5) is 9.18 Å². The first-order valence-corrected chi connectivity index (χ1v) is 13.5. The monoisotopic (exact) mass is 505 g/mol. The molecule has 2 aromatic rings. The van der Waals surface area contributed by atoms with Crippen LogP contribution in [0.1, 0.15) is 45.2 Å². The number of hydrogen-bond donors (Lipinski definition) is 2. The molecule has 37 heavy (non-hydrogen) atoms. The highest BCUT2D eigenvalue weighted by Crippen LogP contribution is 2.54. The molecule has 2 N–H and O–H groups in total. The fourth-order valence-corrected chi connectivity index (χ4v) is 6.91. The maximum Gasteiger partial charge on any atom is 0.314 e. The van der Waals surface area contributed by atoms with Crippen LogP contribution in [-0.4, -0.2) is 36.2 Å². The Hall–Kier alpha value is -3.22. The first kappa shape index (κ1) is 25.4. The summed E-state index contributed by atoms with van der Waals surface area (Å²) in [6, 6.07) is 10.3. The number of esters is 1. The van der Waals surface area contributed by atoms with Crippen molar-refractivity contribution in [2.75, 3.05) is 13.1 Å². The molecule has 2 amide bonds. The van der Waals surface area contributed by atoms with Crippen LogP contribution in [0.25, 0.3) is 17.2 Å². The number of carbonyl (C=O) groups excluding carboxylic acids is 2. The van der Waals surface area contributed by atoms with Gasteiger partial charge in [0.25, 0.3) is 0 Å². The molecular weight excluding hydrogens is 469 g/mol. The fraction of sp³-hybridized carbons (Fsp3) is 0.500. The number of benzene rings is 1. The van der Waals surface area contributed by atoms with Gasteiger partial charge in [-0.2, -0.15) is 0 Å². The average Bonchev–Trinajstić information content (AvgIpc) is 3.18. The van der Waals surface area contributed by atoms with E-state index in [0.29, 0.717) is 30.8 Å². The summed E-state index contributed by atoms with van der Waals surface area (Å²) in [5.41, 5.74) is 2.52. The van der Waals surface area contributed by atoms with Crippen LogP contribution in [0.2, 0.25) is 0 Å². The van der Waals surface area contributed by atoms with Crippen molar-refractivity contribution in [1.29, 1.82) is 0 Å². The van der Waals surface area contributed by atoms with Gasteiger partial charge in [0, 0.05) is 30.8 Å². The van der Waals surface area contributed by atoms with E-state index in [0.717, 1.165) is 42.5 Å². The van der Waals surface area contributed by atoms with Crippen LogP contribution in [0.5, 0.6) is 0 Å². The van der Waals surface area contributed by atoms with E-state index in [4.69, 9.17) is 4.74 Å².